The zero-order chi connectivity index (χ0) is 9.60. The van der Waals surface area contributed by atoms with Crippen LogP contribution in [-0.4, -0.2) is 18.2 Å². The Hall–Kier alpha value is -0.730. The third-order valence-electron chi connectivity index (χ3n) is 3.81. The first-order chi connectivity index (χ1) is 6.83. The number of phenols is 1. The Morgan fingerprint density at radius 3 is 2.87 bits per heavy atom. The normalized spacial score (nSPS) is 32.7. The number of aromatic hydroxyl groups is 1. The lowest BCUT2D eigenvalue weighted by Gasteiger charge is -2.23. The number of para-hydroxylation sites is 1. The van der Waals surface area contributed by atoms with Crippen molar-refractivity contribution >= 4 is 12.4 Å². The van der Waals surface area contributed by atoms with Crippen molar-refractivity contribution in [2.45, 2.75) is 18.3 Å². The molecule has 0 spiro atoms. The van der Waals surface area contributed by atoms with E-state index in [4.69, 9.17) is 0 Å². The Morgan fingerprint density at radius 1 is 1.33 bits per heavy atom. The SMILES string of the molecule is Cl.Oc1ccccc1C12CCNCC1C2. The molecule has 1 aromatic rings. The minimum absolute atomic E-state index is 0. The summed E-state index contributed by atoms with van der Waals surface area (Å²) in [4.78, 5) is 0. The summed E-state index contributed by atoms with van der Waals surface area (Å²) in [6.07, 6.45) is 2.42. The maximum Gasteiger partial charge on any atom is 0.119 e. The molecule has 2 unspecified atom stereocenters. The van der Waals surface area contributed by atoms with E-state index in [1.165, 1.54) is 18.4 Å². The van der Waals surface area contributed by atoms with Gasteiger partial charge in [-0.15, -0.1) is 12.4 Å². The molecule has 0 amide bonds. The van der Waals surface area contributed by atoms with Crippen LogP contribution in [0, 0.1) is 5.92 Å². The Kier molecular flexibility index (Phi) is 2.65. The lowest BCUT2D eigenvalue weighted by molar-refractivity contribution is 0.414. The van der Waals surface area contributed by atoms with Crippen molar-refractivity contribution in [2.24, 2.45) is 5.92 Å². The molecule has 82 valence electrons. The van der Waals surface area contributed by atoms with E-state index in [9.17, 15) is 5.11 Å². The number of nitrogens with one attached hydrogen (secondary N) is 1. The molecule has 2 N–H and O–H groups in total. The van der Waals surface area contributed by atoms with Gasteiger partial charge in [-0.3, -0.25) is 0 Å². The first-order valence-corrected chi connectivity index (χ1v) is 5.32. The van der Waals surface area contributed by atoms with Crippen LogP contribution in [0.5, 0.6) is 5.75 Å². The van der Waals surface area contributed by atoms with Crippen molar-refractivity contribution in [1.29, 1.82) is 0 Å². The molecule has 1 aliphatic heterocycles. The average Bonchev–Trinajstić information content (AvgIpc) is 2.93. The zero-order valence-electron chi connectivity index (χ0n) is 8.57. The molecule has 1 saturated carbocycles. The van der Waals surface area contributed by atoms with E-state index in [0.29, 0.717) is 11.2 Å². The fraction of sp³-hybridized carbons (Fsp3) is 0.500. The number of hydrogen-bond donors (Lipinski definition) is 2. The molecule has 0 radical (unpaired) electrons. The zero-order valence-corrected chi connectivity index (χ0v) is 9.39. The van der Waals surface area contributed by atoms with Crippen LogP contribution in [0.25, 0.3) is 0 Å². The molecule has 2 atom stereocenters. The van der Waals surface area contributed by atoms with Crippen molar-refractivity contribution in [3.8, 4) is 5.75 Å². The van der Waals surface area contributed by atoms with E-state index in [1.54, 1.807) is 0 Å². The van der Waals surface area contributed by atoms with Crippen LogP contribution in [0.2, 0.25) is 0 Å². The highest BCUT2D eigenvalue weighted by Gasteiger charge is 2.56. The van der Waals surface area contributed by atoms with Crippen LogP contribution in [0.1, 0.15) is 18.4 Å². The van der Waals surface area contributed by atoms with Crippen molar-refractivity contribution in [2.75, 3.05) is 13.1 Å². The van der Waals surface area contributed by atoms with Crippen LogP contribution >= 0.6 is 12.4 Å². The minimum Gasteiger partial charge on any atom is -0.508 e. The number of halogens is 1. The fourth-order valence-electron chi connectivity index (χ4n) is 2.90. The monoisotopic (exact) mass is 225 g/mol. The summed E-state index contributed by atoms with van der Waals surface area (Å²) in [7, 11) is 0. The van der Waals surface area contributed by atoms with Gasteiger partial charge in [-0.25, -0.2) is 0 Å². The van der Waals surface area contributed by atoms with Gasteiger partial charge in [-0.05, 0) is 37.9 Å². The number of fused-ring (bicyclic) bond motifs is 1. The second kappa shape index (κ2) is 3.69. The molecular formula is C12H16ClNO. The molecule has 1 heterocycles. The predicted octanol–water partition coefficient (Wildman–Crippen LogP) is 2.06. The molecule has 3 heteroatoms. The Bertz CT molecular complexity index is 368. The lowest BCUT2D eigenvalue weighted by atomic mass is 9.87. The number of hydrogen-bond acceptors (Lipinski definition) is 2. The van der Waals surface area contributed by atoms with E-state index in [-0.39, 0.29) is 12.4 Å². The largest absolute Gasteiger partial charge is 0.508 e. The summed E-state index contributed by atoms with van der Waals surface area (Å²) in [5.74, 6) is 1.24. The van der Waals surface area contributed by atoms with Gasteiger partial charge in [0.2, 0.25) is 0 Å². The van der Waals surface area contributed by atoms with Gasteiger partial charge >= 0.3 is 0 Å². The van der Waals surface area contributed by atoms with Gasteiger partial charge in [0.1, 0.15) is 5.75 Å². The summed E-state index contributed by atoms with van der Waals surface area (Å²) >= 11 is 0. The maximum absolute atomic E-state index is 9.83. The van der Waals surface area contributed by atoms with E-state index in [1.807, 2.05) is 18.2 Å². The smallest absolute Gasteiger partial charge is 0.119 e. The summed E-state index contributed by atoms with van der Waals surface area (Å²) in [5, 5.41) is 13.2. The summed E-state index contributed by atoms with van der Waals surface area (Å²) in [6, 6.07) is 7.82. The lowest BCUT2D eigenvalue weighted by Crippen LogP contribution is -2.31. The van der Waals surface area contributed by atoms with Crippen molar-refractivity contribution < 1.29 is 5.11 Å². The van der Waals surface area contributed by atoms with Crippen LogP contribution in [0.4, 0.5) is 0 Å². The third kappa shape index (κ3) is 1.52. The summed E-state index contributed by atoms with van der Waals surface area (Å²) in [5.41, 5.74) is 1.49. The first-order valence-electron chi connectivity index (χ1n) is 5.32. The third-order valence-corrected chi connectivity index (χ3v) is 3.81. The first kappa shape index (κ1) is 10.8. The standard InChI is InChI=1S/C12H15NO.ClH/c14-11-4-2-1-3-10(11)12-5-6-13-8-9(12)7-12;/h1-4,9,13-14H,5-8H2;1H. The quantitative estimate of drug-likeness (QED) is 0.767. The molecule has 15 heavy (non-hydrogen) atoms. The van der Waals surface area contributed by atoms with Gasteiger partial charge in [-0.1, -0.05) is 18.2 Å². The van der Waals surface area contributed by atoms with Crippen molar-refractivity contribution in [1.82, 2.24) is 5.32 Å². The van der Waals surface area contributed by atoms with Gasteiger partial charge in [0.25, 0.3) is 0 Å². The molecule has 1 aromatic carbocycles. The van der Waals surface area contributed by atoms with Gasteiger partial charge in [0.05, 0.1) is 0 Å². The number of phenolic OH excluding ortho intramolecular Hbond substituents is 1. The molecule has 1 aliphatic carbocycles. The van der Waals surface area contributed by atoms with Crippen molar-refractivity contribution in [3.05, 3.63) is 29.8 Å². The van der Waals surface area contributed by atoms with Crippen LogP contribution in [-0.2, 0) is 5.41 Å². The van der Waals surface area contributed by atoms with Gasteiger partial charge in [0.15, 0.2) is 0 Å². The number of rotatable bonds is 1. The average molecular weight is 226 g/mol. The molecule has 3 rings (SSSR count). The van der Waals surface area contributed by atoms with E-state index in [2.05, 4.69) is 11.4 Å². The van der Waals surface area contributed by atoms with Gasteiger partial charge in [0, 0.05) is 11.0 Å². The highest BCUT2D eigenvalue weighted by atomic mass is 35.5. The van der Waals surface area contributed by atoms with Crippen LogP contribution < -0.4 is 5.32 Å². The highest BCUT2D eigenvalue weighted by Crippen LogP contribution is 2.59. The molecule has 2 aliphatic rings. The van der Waals surface area contributed by atoms with E-state index < -0.39 is 0 Å². The number of benzene rings is 1. The Balaban J connectivity index is 0.000000853. The van der Waals surface area contributed by atoms with Gasteiger partial charge in [-0.2, -0.15) is 0 Å². The Morgan fingerprint density at radius 2 is 2.13 bits per heavy atom. The Labute approximate surface area is 96.1 Å². The van der Waals surface area contributed by atoms with Gasteiger partial charge < -0.3 is 10.4 Å². The van der Waals surface area contributed by atoms with Crippen LogP contribution in [0.15, 0.2) is 24.3 Å². The minimum atomic E-state index is 0. The molecule has 2 nitrogen and oxygen atoms in total. The highest BCUT2D eigenvalue weighted by molar-refractivity contribution is 5.85. The topological polar surface area (TPSA) is 32.3 Å². The fourth-order valence-corrected chi connectivity index (χ4v) is 2.90. The maximum atomic E-state index is 9.83. The summed E-state index contributed by atoms with van der Waals surface area (Å²) in [6.45, 7) is 2.21. The second-order valence-corrected chi connectivity index (χ2v) is 4.53. The molecule has 1 saturated heterocycles. The van der Waals surface area contributed by atoms with Crippen molar-refractivity contribution in [3.63, 3.8) is 0 Å². The molecule has 0 aromatic heterocycles. The molecular weight excluding hydrogens is 210 g/mol. The molecule has 2 fully saturated rings. The summed E-state index contributed by atoms with van der Waals surface area (Å²) < 4.78 is 0. The second-order valence-electron chi connectivity index (χ2n) is 4.53. The predicted molar refractivity (Wildman–Crippen MR) is 62.6 cm³/mol. The van der Waals surface area contributed by atoms with Crippen LogP contribution in [0.3, 0.4) is 0 Å². The number of piperidine rings is 1. The molecule has 0 bridgehead atoms. The van der Waals surface area contributed by atoms with E-state index in [0.717, 1.165) is 19.0 Å². The van der Waals surface area contributed by atoms with E-state index >= 15 is 0 Å².